The van der Waals surface area contributed by atoms with Crippen LogP contribution in [0.15, 0.2) is 40.2 Å². The fourth-order valence-corrected chi connectivity index (χ4v) is 3.02. The van der Waals surface area contributed by atoms with Gasteiger partial charge in [0.25, 0.3) is 5.91 Å². The molecular weight excluding hydrogens is 356 g/mol. The molecule has 110 valence electrons. The number of amides is 1. The Labute approximate surface area is 133 Å². The molecule has 5 nitrogen and oxygen atoms in total. The molecule has 0 saturated carbocycles. The minimum atomic E-state index is -0.975. The number of carboxylic acid groups (broad SMARTS) is 1. The fourth-order valence-electron chi connectivity index (χ4n) is 1.86. The summed E-state index contributed by atoms with van der Waals surface area (Å²) < 4.78 is 0.775. The lowest BCUT2D eigenvalue weighted by atomic mass is 10.1. The van der Waals surface area contributed by atoms with E-state index in [1.807, 2.05) is 11.4 Å². The summed E-state index contributed by atoms with van der Waals surface area (Å²) in [5.41, 5.74) is 6.47. The first-order valence-corrected chi connectivity index (χ1v) is 7.75. The third-order valence-electron chi connectivity index (χ3n) is 2.83. The van der Waals surface area contributed by atoms with Gasteiger partial charge in [-0.05, 0) is 29.6 Å². The van der Waals surface area contributed by atoms with E-state index in [1.54, 1.807) is 24.3 Å². The third kappa shape index (κ3) is 4.05. The number of aliphatic carboxylic acids is 1. The molecule has 21 heavy (non-hydrogen) atoms. The van der Waals surface area contributed by atoms with Crippen LogP contribution >= 0.6 is 27.3 Å². The number of hydrogen-bond acceptors (Lipinski definition) is 4. The minimum Gasteiger partial charge on any atom is -0.481 e. The summed E-state index contributed by atoms with van der Waals surface area (Å²) >= 11 is 4.67. The number of nitrogen functional groups attached to an aromatic ring is 1. The molecule has 1 heterocycles. The monoisotopic (exact) mass is 368 g/mol. The summed E-state index contributed by atoms with van der Waals surface area (Å²) in [5, 5.41) is 13.5. The summed E-state index contributed by atoms with van der Waals surface area (Å²) in [6.07, 6.45) is -0.178. The van der Waals surface area contributed by atoms with Crippen LogP contribution in [0, 0.1) is 0 Å². The Bertz CT molecular complexity index is 658. The predicted molar refractivity (Wildman–Crippen MR) is 85.3 cm³/mol. The lowest BCUT2D eigenvalue weighted by Gasteiger charge is -2.16. The van der Waals surface area contributed by atoms with E-state index in [2.05, 4.69) is 21.2 Å². The smallest absolute Gasteiger partial charge is 0.305 e. The maximum Gasteiger partial charge on any atom is 0.305 e. The molecule has 0 fully saturated rings. The lowest BCUT2D eigenvalue weighted by Crippen LogP contribution is -2.30. The molecule has 2 rings (SSSR count). The highest BCUT2D eigenvalue weighted by Gasteiger charge is 2.20. The Kier molecular flexibility index (Phi) is 4.98. The van der Waals surface area contributed by atoms with Gasteiger partial charge in [0.2, 0.25) is 0 Å². The minimum absolute atomic E-state index is 0.178. The number of hydrogen-bond donors (Lipinski definition) is 3. The first kappa shape index (κ1) is 15.5. The van der Waals surface area contributed by atoms with Crippen LogP contribution in [0.4, 0.5) is 5.69 Å². The van der Waals surface area contributed by atoms with Crippen LogP contribution in [0.2, 0.25) is 0 Å². The summed E-state index contributed by atoms with van der Waals surface area (Å²) in [6.45, 7) is 0. The second-order valence-electron chi connectivity index (χ2n) is 4.37. The number of carbonyl (C=O) groups excluding carboxylic acids is 1. The van der Waals surface area contributed by atoms with Crippen molar-refractivity contribution in [3.63, 3.8) is 0 Å². The molecule has 1 aromatic carbocycles. The van der Waals surface area contributed by atoms with Crippen LogP contribution in [-0.4, -0.2) is 17.0 Å². The first-order valence-electron chi connectivity index (χ1n) is 6.08. The quantitative estimate of drug-likeness (QED) is 0.707. The van der Waals surface area contributed by atoms with Gasteiger partial charge in [-0.15, -0.1) is 11.3 Å². The SMILES string of the molecule is Nc1cc(Br)ccc1C(=O)NC(CC(=O)O)c1cccs1. The van der Waals surface area contributed by atoms with Crippen LogP contribution in [0.1, 0.15) is 27.7 Å². The van der Waals surface area contributed by atoms with Gasteiger partial charge in [-0.1, -0.05) is 22.0 Å². The highest BCUT2D eigenvalue weighted by Crippen LogP contribution is 2.24. The predicted octanol–water partition coefficient (Wildman–Crippen LogP) is 3.04. The van der Waals surface area contributed by atoms with E-state index in [9.17, 15) is 9.59 Å². The maximum absolute atomic E-state index is 12.3. The molecule has 1 aromatic heterocycles. The van der Waals surface area contributed by atoms with Crippen LogP contribution in [-0.2, 0) is 4.79 Å². The second-order valence-corrected chi connectivity index (χ2v) is 6.27. The topological polar surface area (TPSA) is 92.4 Å². The molecule has 7 heteroatoms. The van der Waals surface area contributed by atoms with Crippen LogP contribution in [0.3, 0.4) is 0 Å². The van der Waals surface area contributed by atoms with Gasteiger partial charge in [-0.3, -0.25) is 9.59 Å². The molecular formula is C14H13BrN2O3S. The molecule has 0 spiro atoms. The Morgan fingerprint density at radius 3 is 2.71 bits per heavy atom. The van der Waals surface area contributed by atoms with Crippen molar-refractivity contribution in [3.8, 4) is 0 Å². The van der Waals surface area contributed by atoms with Crippen molar-refractivity contribution in [2.24, 2.45) is 0 Å². The van der Waals surface area contributed by atoms with E-state index >= 15 is 0 Å². The van der Waals surface area contributed by atoms with Gasteiger partial charge >= 0.3 is 5.97 Å². The molecule has 1 unspecified atom stereocenters. The van der Waals surface area contributed by atoms with E-state index < -0.39 is 12.0 Å². The number of carboxylic acids is 1. The van der Waals surface area contributed by atoms with Gasteiger partial charge < -0.3 is 16.2 Å². The van der Waals surface area contributed by atoms with Gasteiger partial charge in [-0.25, -0.2) is 0 Å². The van der Waals surface area contributed by atoms with E-state index in [0.717, 1.165) is 9.35 Å². The molecule has 1 amide bonds. The van der Waals surface area contributed by atoms with Crippen LogP contribution in [0.25, 0.3) is 0 Å². The van der Waals surface area contributed by atoms with Gasteiger partial charge in [0.05, 0.1) is 18.0 Å². The summed E-state index contributed by atoms with van der Waals surface area (Å²) in [7, 11) is 0. The summed E-state index contributed by atoms with van der Waals surface area (Å²) in [6, 6.07) is 7.98. The van der Waals surface area contributed by atoms with Crippen molar-refractivity contribution in [1.29, 1.82) is 0 Å². The lowest BCUT2D eigenvalue weighted by molar-refractivity contribution is -0.137. The van der Waals surface area contributed by atoms with E-state index in [4.69, 9.17) is 10.8 Å². The van der Waals surface area contributed by atoms with Gasteiger partial charge in [0.15, 0.2) is 0 Å². The largest absolute Gasteiger partial charge is 0.481 e. The van der Waals surface area contributed by atoms with E-state index in [0.29, 0.717) is 11.3 Å². The molecule has 0 saturated heterocycles. The Balaban J connectivity index is 2.20. The summed E-state index contributed by atoms with van der Waals surface area (Å²) in [5.74, 6) is -1.36. The number of halogens is 1. The van der Waals surface area contributed by atoms with Gasteiger partial charge in [-0.2, -0.15) is 0 Å². The normalized spacial score (nSPS) is 11.9. The van der Waals surface area contributed by atoms with Gasteiger partial charge in [0, 0.05) is 15.0 Å². The highest BCUT2D eigenvalue weighted by molar-refractivity contribution is 9.10. The maximum atomic E-state index is 12.3. The van der Waals surface area contributed by atoms with Gasteiger partial charge in [0.1, 0.15) is 0 Å². The Hall–Kier alpha value is -1.86. The van der Waals surface area contributed by atoms with E-state index in [-0.39, 0.29) is 12.3 Å². The number of benzene rings is 1. The average molecular weight is 369 g/mol. The molecule has 0 bridgehead atoms. The Morgan fingerprint density at radius 2 is 2.14 bits per heavy atom. The average Bonchev–Trinajstić information content (AvgIpc) is 2.90. The number of rotatable bonds is 5. The van der Waals surface area contributed by atoms with Crippen molar-refractivity contribution in [1.82, 2.24) is 5.32 Å². The van der Waals surface area contributed by atoms with Crippen molar-refractivity contribution < 1.29 is 14.7 Å². The van der Waals surface area contributed by atoms with Crippen LogP contribution in [0.5, 0.6) is 0 Å². The van der Waals surface area contributed by atoms with Crippen molar-refractivity contribution in [2.45, 2.75) is 12.5 Å². The fraction of sp³-hybridized carbons (Fsp3) is 0.143. The van der Waals surface area contributed by atoms with Crippen molar-refractivity contribution in [2.75, 3.05) is 5.73 Å². The zero-order valence-corrected chi connectivity index (χ0v) is 13.3. The highest BCUT2D eigenvalue weighted by atomic mass is 79.9. The molecule has 4 N–H and O–H groups in total. The van der Waals surface area contributed by atoms with Crippen molar-refractivity contribution >= 4 is 44.8 Å². The number of anilines is 1. The first-order chi connectivity index (χ1) is 9.97. The number of nitrogens with two attached hydrogens (primary N) is 1. The molecule has 0 aliphatic rings. The number of nitrogens with one attached hydrogen (secondary N) is 1. The second kappa shape index (κ2) is 6.73. The number of carbonyl (C=O) groups is 2. The molecule has 0 radical (unpaired) electrons. The van der Waals surface area contributed by atoms with Crippen LogP contribution < -0.4 is 11.1 Å². The third-order valence-corrected chi connectivity index (χ3v) is 4.31. The summed E-state index contributed by atoms with van der Waals surface area (Å²) in [4.78, 5) is 24.0. The zero-order chi connectivity index (χ0) is 15.4. The standard InChI is InChI=1S/C14H13BrN2O3S/c15-8-3-4-9(10(16)6-8)14(20)17-11(7-13(18)19)12-2-1-5-21-12/h1-6,11H,7,16H2,(H,17,20)(H,18,19). The molecule has 2 aromatic rings. The van der Waals surface area contributed by atoms with Crippen molar-refractivity contribution in [3.05, 3.63) is 50.6 Å². The zero-order valence-electron chi connectivity index (χ0n) is 10.9. The molecule has 0 aliphatic carbocycles. The number of thiophene rings is 1. The molecule has 0 aliphatic heterocycles. The molecule has 1 atom stereocenters. The van der Waals surface area contributed by atoms with E-state index in [1.165, 1.54) is 11.3 Å². The Morgan fingerprint density at radius 1 is 1.38 bits per heavy atom.